The summed E-state index contributed by atoms with van der Waals surface area (Å²) in [5.41, 5.74) is 8.24. The van der Waals surface area contributed by atoms with Crippen LogP contribution in [-0.2, 0) is 0 Å². The molecule has 1 aliphatic carbocycles. The van der Waals surface area contributed by atoms with Crippen molar-refractivity contribution < 1.29 is 9.59 Å². The van der Waals surface area contributed by atoms with Crippen LogP contribution in [0.15, 0.2) is 115 Å². The van der Waals surface area contributed by atoms with Gasteiger partial charge in [0.05, 0.1) is 5.69 Å². The highest BCUT2D eigenvalue weighted by Crippen LogP contribution is 2.38. The minimum absolute atomic E-state index is 0.287. The minimum Gasteiger partial charge on any atom is -0.382 e. The van der Waals surface area contributed by atoms with Crippen molar-refractivity contribution in [2.75, 3.05) is 10.2 Å². The van der Waals surface area contributed by atoms with Gasteiger partial charge in [0, 0.05) is 33.6 Å². The van der Waals surface area contributed by atoms with Crippen LogP contribution >= 0.6 is 0 Å². The molecule has 7 rings (SSSR count). The summed E-state index contributed by atoms with van der Waals surface area (Å²) in [6.07, 6.45) is 6.06. The van der Waals surface area contributed by atoms with Gasteiger partial charge in [-0.05, 0) is 77.9 Å². The van der Waals surface area contributed by atoms with E-state index in [9.17, 15) is 9.59 Å². The normalized spacial score (nSPS) is 15.9. The fourth-order valence-electron chi connectivity index (χ4n) is 6.74. The van der Waals surface area contributed by atoms with Gasteiger partial charge in [-0.3, -0.25) is 9.59 Å². The molecular weight excluding hydrogens is 528 g/mol. The lowest BCUT2D eigenvalue weighted by atomic mass is 9.89. The van der Waals surface area contributed by atoms with Crippen LogP contribution < -0.4 is 10.2 Å². The number of carbonyl (C=O) groups excluding carboxylic acids is 2. The van der Waals surface area contributed by atoms with Crippen LogP contribution in [0.3, 0.4) is 0 Å². The van der Waals surface area contributed by atoms with Gasteiger partial charge in [0.1, 0.15) is 0 Å². The third kappa shape index (κ3) is 4.93. The van der Waals surface area contributed by atoms with E-state index in [1.165, 1.54) is 24.2 Å². The topological polar surface area (TPSA) is 49.4 Å². The first kappa shape index (κ1) is 26.9. The zero-order chi connectivity index (χ0) is 29.3. The molecule has 5 aromatic carbocycles. The molecule has 1 fully saturated rings. The highest BCUT2D eigenvalue weighted by atomic mass is 16.2. The fraction of sp³-hybridized carbons (Fsp3) is 0.179. The van der Waals surface area contributed by atoms with E-state index in [0.29, 0.717) is 22.9 Å². The predicted molar refractivity (Wildman–Crippen MR) is 176 cm³/mol. The van der Waals surface area contributed by atoms with Gasteiger partial charge in [0.25, 0.3) is 11.8 Å². The van der Waals surface area contributed by atoms with Crippen molar-refractivity contribution in [3.63, 3.8) is 0 Å². The average molecular weight is 563 g/mol. The Morgan fingerprint density at radius 1 is 0.628 bits per heavy atom. The number of imide groups is 1. The summed E-state index contributed by atoms with van der Waals surface area (Å²) in [6.45, 7) is 2.14. The fourth-order valence-corrected chi connectivity index (χ4v) is 6.74. The van der Waals surface area contributed by atoms with Crippen molar-refractivity contribution in [3.8, 4) is 0 Å². The summed E-state index contributed by atoms with van der Waals surface area (Å²) in [5.74, 6) is -0.574. The highest BCUT2D eigenvalue weighted by molar-refractivity contribution is 6.36. The van der Waals surface area contributed by atoms with Crippen LogP contribution in [-0.4, -0.2) is 17.9 Å². The first-order chi connectivity index (χ1) is 21.1. The molecule has 0 aromatic heterocycles. The Morgan fingerprint density at radius 3 is 1.91 bits per heavy atom. The Labute approximate surface area is 252 Å². The molecule has 1 heterocycles. The van der Waals surface area contributed by atoms with Gasteiger partial charge in [0.15, 0.2) is 0 Å². The van der Waals surface area contributed by atoms with E-state index < -0.39 is 0 Å². The molecule has 1 saturated carbocycles. The summed E-state index contributed by atoms with van der Waals surface area (Å²) < 4.78 is 0. The number of hydrogen-bond acceptors (Lipinski definition) is 3. The highest BCUT2D eigenvalue weighted by Gasteiger charge is 2.34. The van der Waals surface area contributed by atoms with Crippen LogP contribution in [0.25, 0.3) is 21.9 Å². The number of amides is 2. The molecule has 0 radical (unpaired) electrons. The Kier molecular flexibility index (Phi) is 7.12. The zero-order valence-electron chi connectivity index (χ0n) is 24.3. The van der Waals surface area contributed by atoms with E-state index in [2.05, 4.69) is 36.5 Å². The van der Waals surface area contributed by atoms with Crippen molar-refractivity contribution in [2.45, 2.75) is 45.1 Å². The number of nitrogens with one attached hydrogen (secondary N) is 1. The summed E-state index contributed by atoms with van der Waals surface area (Å²) in [5, 5.41) is 5.40. The minimum atomic E-state index is -0.287. The van der Waals surface area contributed by atoms with Crippen molar-refractivity contribution >= 4 is 45.1 Å². The number of anilines is 2. The number of rotatable bonds is 6. The van der Waals surface area contributed by atoms with Crippen LogP contribution in [0, 0.1) is 0 Å². The van der Waals surface area contributed by atoms with E-state index in [1.54, 1.807) is 0 Å². The molecule has 0 unspecified atom stereocenters. The van der Waals surface area contributed by atoms with Gasteiger partial charge in [-0.2, -0.15) is 0 Å². The van der Waals surface area contributed by atoms with E-state index >= 15 is 0 Å². The molecule has 4 heteroatoms. The quantitative estimate of drug-likeness (QED) is 0.166. The summed E-state index contributed by atoms with van der Waals surface area (Å²) in [7, 11) is 0. The first-order valence-corrected chi connectivity index (χ1v) is 15.2. The Balaban J connectivity index is 1.25. The molecule has 1 aliphatic heterocycles. The Bertz CT molecular complexity index is 1830. The molecule has 0 spiro atoms. The van der Waals surface area contributed by atoms with E-state index in [0.717, 1.165) is 57.1 Å². The maximum absolute atomic E-state index is 13.9. The molecule has 0 atom stereocenters. The third-order valence-corrected chi connectivity index (χ3v) is 8.93. The number of carbonyl (C=O) groups is 2. The molecular formula is C39H34N2O2. The standard InChI is InChI=1S/C39H34N2O2/c1-26(27-12-5-2-6-13-27)36(28-14-7-3-8-15-28)29-20-22-31(23-21-29)41-38(42)33-19-11-18-32-35(40-30-16-9-4-10-17-30)25-24-34(37(32)33)39(41)43/h2-3,5-8,11-15,18-25,30,40H,4,9-10,16-17H2,1H3/b36-26+. The number of nitrogens with zero attached hydrogens (tertiary/aromatic N) is 1. The second-order valence-corrected chi connectivity index (χ2v) is 11.6. The SMILES string of the molecule is C/C(=C(/c1ccccc1)c1ccc(N2C(=O)c3cccc4c(NC5CCCCC5)ccc(c34)C2=O)cc1)c1ccccc1. The van der Waals surface area contributed by atoms with Gasteiger partial charge in [0.2, 0.25) is 0 Å². The molecule has 1 N–H and O–H groups in total. The molecule has 43 heavy (non-hydrogen) atoms. The molecule has 0 bridgehead atoms. The average Bonchev–Trinajstić information content (AvgIpc) is 3.06. The number of benzene rings is 5. The van der Waals surface area contributed by atoms with Gasteiger partial charge in [-0.15, -0.1) is 0 Å². The summed E-state index contributed by atoms with van der Waals surface area (Å²) in [4.78, 5) is 29.2. The second kappa shape index (κ2) is 11.4. The summed E-state index contributed by atoms with van der Waals surface area (Å²) in [6, 6.07) is 38.6. The van der Waals surface area contributed by atoms with Gasteiger partial charge >= 0.3 is 0 Å². The van der Waals surface area contributed by atoms with Crippen LogP contribution in [0.2, 0.25) is 0 Å². The molecule has 4 nitrogen and oxygen atoms in total. The smallest absolute Gasteiger partial charge is 0.265 e. The van der Waals surface area contributed by atoms with Crippen LogP contribution in [0.4, 0.5) is 11.4 Å². The monoisotopic (exact) mass is 562 g/mol. The van der Waals surface area contributed by atoms with Crippen LogP contribution in [0.1, 0.15) is 76.4 Å². The van der Waals surface area contributed by atoms with Gasteiger partial charge < -0.3 is 5.32 Å². The lowest BCUT2D eigenvalue weighted by molar-refractivity contribution is 0.0893. The Morgan fingerprint density at radius 2 is 1.23 bits per heavy atom. The molecule has 0 saturated heterocycles. The number of hydrogen-bond donors (Lipinski definition) is 1. The molecule has 2 aliphatic rings. The lowest BCUT2D eigenvalue weighted by Gasteiger charge is -2.29. The summed E-state index contributed by atoms with van der Waals surface area (Å²) >= 11 is 0. The van der Waals surface area contributed by atoms with Crippen molar-refractivity contribution in [1.29, 1.82) is 0 Å². The number of allylic oxidation sites excluding steroid dienone is 1. The molecule has 2 amide bonds. The van der Waals surface area contributed by atoms with E-state index in [4.69, 9.17) is 0 Å². The Hall–Kier alpha value is -4.96. The first-order valence-electron chi connectivity index (χ1n) is 15.2. The van der Waals surface area contributed by atoms with Crippen molar-refractivity contribution in [1.82, 2.24) is 0 Å². The lowest BCUT2D eigenvalue weighted by Crippen LogP contribution is -2.40. The van der Waals surface area contributed by atoms with E-state index in [1.807, 2.05) is 91.0 Å². The van der Waals surface area contributed by atoms with Crippen LogP contribution in [0.5, 0.6) is 0 Å². The maximum Gasteiger partial charge on any atom is 0.265 e. The molecule has 212 valence electrons. The second-order valence-electron chi connectivity index (χ2n) is 11.6. The molecule has 5 aromatic rings. The van der Waals surface area contributed by atoms with Crippen molar-refractivity contribution in [3.05, 3.63) is 143 Å². The van der Waals surface area contributed by atoms with E-state index in [-0.39, 0.29) is 11.8 Å². The third-order valence-electron chi connectivity index (χ3n) is 8.93. The maximum atomic E-state index is 13.9. The van der Waals surface area contributed by atoms with Gasteiger partial charge in [-0.25, -0.2) is 4.90 Å². The largest absolute Gasteiger partial charge is 0.382 e. The van der Waals surface area contributed by atoms with Gasteiger partial charge in [-0.1, -0.05) is 104 Å². The zero-order valence-corrected chi connectivity index (χ0v) is 24.3. The van der Waals surface area contributed by atoms with Crippen molar-refractivity contribution in [2.24, 2.45) is 0 Å². The predicted octanol–water partition coefficient (Wildman–Crippen LogP) is 9.36.